The predicted molar refractivity (Wildman–Crippen MR) is 107 cm³/mol. The van der Waals surface area contributed by atoms with Gasteiger partial charge in [-0.15, -0.1) is 0 Å². The summed E-state index contributed by atoms with van der Waals surface area (Å²) in [6, 6.07) is 10.9. The van der Waals surface area contributed by atoms with Crippen LogP contribution in [0.3, 0.4) is 0 Å². The number of nitrogens with zero attached hydrogens (tertiary/aromatic N) is 1. The lowest BCUT2D eigenvalue weighted by Crippen LogP contribution is -2.37. The zero-order valence-electron chi connectivity index (χ0n) is 16.4. The van der Waals surface area contributed by atoms with Gasteiger partial charge in [0.2, 0.25) is 5.91 Å². The first-order valence-corrected chi connectivity index (χ1v) is 9.98. The Labute approximate surface area is 169 Å². The fourth-order valence-electron chi connectivity index (χ4n) is 3.83. The summed E-state index contributed by atoms with van der Waals surface area (Å²) in [6.07, 6.45) is 2.79. The number of hydrogen-bond donors (Lipinski definition) is 0. The summed E-state index contributed by atoms with van der Waals surface area (Å²) in [5.41, 5.74) is 3.63. The Kier molecular flexibility index (Phi) is 5.31. The van der Waals surface area contributed by atoms with Gasteiger partial charge in [0.25, 0.3) is 0 Å². The van der Waals surface area contributed by atoms with Crippen molar-refractivity contribution in [2.24, 2.45) is 5.92 Å². The number of Topliss-reactive ketones (excluding diaryl/α,β-unsaturated/α-hetero) is 1. The second kappa shape index (κ2) is 7.90. The van der Waals surface area contributed by atoms with Crippen molar-refractivity contribution in [1.29, 1.82) is 0 Å². The van der Waals surface area contributed by atoms with Gasteiger partial charge in [-0.3, -0.25) is 9.59 Å². The molecule has 1 saturated carbocycles. The van der Waals surface area contributed by atoms with Crippen molar-refractivity contribution in [3.63, 3.8) is 0 Å². The highest BCUT2D eigenvalue weighted by Gasteiger charge is 2.34. The van der Waals surface area contributed by atoms with E-state index in [1.807, 2.05) is 29.2 Å². The van der Waals surface area contributed by atoms with Gasteiger partial charge >= 0.3 is 0 Å². The third-order valence-corrected chi connectivity index (χ3v) is 5.77. The number of amides is 1. The Hall–Kier alpha value is -2.82. The molecule has 1 amide bonds. The SMILES string of the molecule is CC1=C(c2ccc(CC(=O)c3c(F)cccc3F)cc2)CN(C(=O)C2CC2)CC1. The maximum atomic E-state index is 13.8. The van der Waals surface area contributed by atoms with Crippen LogP contribution in [-0.4, -0.2) is 29.7 Å². The Morgan fingerprint density at radius 2 is 1.69 bits per heavy atom. The Bertz CT molecular complexity index is 970. The van der Waals surface area contributed by atoms with Gasteiger partial charge in [-0.05, 0) is 55.0 Å². The zero-order chi connectivity index (χ0) is 20.5. The van der Waals surface area contributed by atoms with E-state index in [9.17, 15) is 18.4 Å². The van der Waals surface area contributed by atoms with Crippen LogP contribution in [0.4, 0.5) is 8.78 Å². The maximum Gasteiger partial charge on any atom is 0.225 e. The first kappa shape index (κ1) is 19.5. The van der Waals surface area contributed by atoms with Crippen molar-refractivity contribution in [2.75, 3.05) is 13.1 Å². The molecule has 150 valence electrons. The third-order valence-electron chi connectivity index (χ3n) is 5.77. The van der Waals surface area contributed by atoms with Crippen molar-refractivity contribution in [1.82, 2.24) is 4.90 Å². The molecule has 0 saturated heterocycles. The van der Waals surface area contributed by atoms with Crippen LogP contribution >= 0.6 is 0 Å². The van der Waals surface area contributed by atoms with Gasteiger partial charge in [0.1, 0.15) is 11.6 Å². The summed E-state index contributed by atoms with van der Waals surface area (Å²) in [4.78, 5) is 26.7. The molecule has 1 aliphatic heterocycles. The standard InChI is InChI=1S/C24H23F2NO2/c1-15-11-12-27(24(29)18-9-10-18)14-19(15)17-7-5-16(6-8-17)13-22(28)23-20(25)3-2-4-21(23)26/h2-8,18H,9-14H2,1H3. The molecule has 3 nitrogen and oxygen atoms in total. The molecule has 0 spiro atoms. The van der Waals surface area contributed by atoms with E-state index in [2.05, 4.69) is 6.92 Å². The fourth-order valence-corrected chi connectivity index (χ4v) is 3.83. The van der Waals surface area contributed by atoms with Crippen LogP contribution in [0, 0.1) is 17.6 Å². The Balaban J connectivity index is 1.48. The number of rotatable bonds is 5. The van der Waals surface area contributed by atoms with Gasteiger partial charge in [-0.25, -0.2) is 8.78 Å². The average molecular weight is 395 g/mol. The van der Waals surface area contributed by atoms with Crippen molar-refractivity contribution >= 4 is 17.3 Å². The van der Waals surface area contributed by atoms with E-state index in [-0.39, 0.29) is 18.2 Å². The summed E-state index contributed by atoms with van der Waals surface area (Å²) in [6.45, 7) is 3.47. The summed E-state index contributed by atoms with van der Waals surface area (Å²) < 4.78 is 27.6. The molecule has 0 radical (unpaired) electrons. The molecule has 0 unspecified atom stereocenters. The van der Waals surface area contributed by atoms with E-state index >= 15 is 0 Å². The molecule has 2 aromatic carbocycles. The molecule has 0 atom stereocenters. The minimum absolute atomic E-state index is 0.0670. The highest BCUT2D eigenvalue weighted by atomic mass is 19.1. The van der Waals surface area contributed by atoms with Crippen molar-refractivity contribution in [2.45, 2.75) is 32.6 Å². The Morgan fingerprint density at radius 3 is 2.31 bits per heavy atom. The molecule has 1 aliphatic carbocycles. The summed E-state index contributed by atoms with van der Waals surface area (Å²) in [5.74, 6) is -1.79. The van der Waals surface area contributed by atoms with Crippen molar-refractivity contribution in [3.05, 3.63) is 76.4 Å². The van der Waals surface area contributed by atoms with Crippen LogP contribution in [0.25, 0.3) is 5.57 Å². The van der Waals surface area contributed by atoms with Crippen LogP contribution < -0.4 is 0 Å². The largest absolute Gasteiger partial charge is 0.338 e. The number of carbonyl (C=O) groups is 2. The van der Waals surface area contributed by atoms with Crippen LogP contribution in [0.15, 0.2) is 48.0 Å². The van der Waals surface area contributed by atoms with Gasteiger partial charge in [0.05, 0.1) is 5.56 Å². The topological polar surface area (TPSA) is 37.4 Å². The summed E-state index contributed by atoms with van der Waals surface area (Å²) in [7, 11) is 0. The van der Waals surface area contributed by atoms with E-state index in [4.69, 9.17) is 0 Å². The Morgan fingerprint density at radius 1 is 1.03 bits per heavy atom. The van der Waals surface area contributed by atoms with Gasteiger partial charge < -0.3 is 4.90 Å². The van der Waals surface area contributed by atoms with E-state index in [1.54, 1.807) is 0 Å². The molecule has 2 aliphatic rings. The summed E-state index contributed by atoms with van der Waals surface area (Å²) >= 11 is 0. The first-order chi connectivity index (χ1) is 13.9. The number of carbonyl (C=O) groups excluding carboxylic acids is 2. The maximum absolute atomic E-state index is 13.8. The van der Waals surface area contributed by atoms with Gasteiger partial charge in [0, 0.05) is 25.4 Å². The smallest absolute Gasteiger partial charge is 0.225 e. The average Bonchev–Trinajstić information content (AvgIpc) is 3.54. The predicted octanol–water partition coefficient (Wildman–Crippen LogP) is 4.81. The summed E-state index contributed by atoms with van der Waals surface area (Å²) in [5, 5.41) is 0. The van der Waals surface area contributed by atoms with Gasteiger partial charge in [0.15, 0.2) is 5.78 Å². The highest BCUT2D eigenvalue weighted by molar-refractivity contribution is 5.98. The second-order valence-corrected chi connectivity index (χ2v) is 7.94. The quantitative estimate of drug-likeness (QED) is 0.682. The highest BCUT2D eigenvalue weighted by Crippen LogP contribution is 2.34. The molecular formula is C24H23F2NO2. The van der Waals surface area contributed by atoms with Crippen molar-refractivity contribution < 1.29 is 18.4 Å². The van der Waals surface area contributed by atoms with Crippen molar-refractivity contribution in [3.8, 4) is 0 Å². The molecule has 1 heterocycles. The lowest BCUT2D eigenvalue weighted by Gasteiger charge is -2.30. The minimum Gasteiger partial charge on any atom is -0.338 e. The van der Waals surface area contributed by atoms with Crippen LogP contribution in [0.5, 0.6) is 0 Å². The number of benzene rings is 2. The molecule has 0 aromatic heterocycles. The molecule has 5 heteroatoms. The normalized spacial score (nSPS) is 16.9. The van der Waals surface area contributed by atoms with E-state index in [1.165, 1.54) is 11.6 Å². The molecule has 29 heavy (non-hydrogen) atoms. The first-order valence-electron chi connectivity index (χ1n) is 9.98. The number of halogens is 2. The van der Waals surface area contributed by atoms with Gasteiger partial charge in [-0.2, -0.15) is 0 Å². The van der Waals surface area contributed by atoms with Crippen LogP contribution in [0.2, 0.25) is 0 Å². The lowest BCUT2D eigenvalue weighted by molar-refractivity contribution is -0.132. The molecule has 4 rings (SSSR count). The molecular weight excluding hydrogens is 372 g/mol. The second-order valence-electron chi connectivity index (χ2n) is 7.94. The molecule has 2 aromatic rings. The lowest BCUT2D eigenvalue weighted by atomic mass is 9.93. The number of hydrogen-bond acceptors (Lipinski definition) is 2. The van der Waals surface area contributed by atoms with E-state index in [0.29, 0.717) is 12.1 Å². The molecule has 0 N–H and O–H groups in total. The number of ketones is 1. The van der Waals surface area contributed by atoms with Crippen LogP contribution in [0.1, 0.15) is 47.7 Å². The van der Waals surface area contributed by atoms with E-state index < -0.39 is 23.0 Å². The minimum atomic E-state index is -0.838. The van der Waals surface area contributed by atoms with Gasteiger partial charge in [-0.1, -0.05) is 35.9 Å². The molecule has 1 fully saturated rings. The molecule has 0 bridgehead atoms. The third kappa shape index (κ3) is 4.14. The zero-order valence-corrected chi connectivity index (χ0v) is 16.4. The monoisotopic (exact) mass is 395 g/mol. The fraction of sp³-hybridized carbons (Fsp3) is 0.333. The van der Waals surface area contributed by atoms with Crippen LogP contribution in [-0.2, 0) is 11.2 Å². The van der Waals surface area contributed by atoms with E-state index in [0.717, 1.165) is 49.1 Å².